The summed E-state index contributed by atoms with van der Waals surface area (Å²) in [6.07, 6.45) is -10.2. The summed E-state index contributed by atoms with van der Waals surface area (Å²) in [5, 5.41) is 41.9. The number of hydrogen-bond acceptors (Lipinski definition) is 8. The molecule has 0 bridgehead atoms. The molecule has 1 saturated heterocycles. The molecule has 5 atom stereocenters. The highest BCUT2D eigenvalue weighted by molar-refractivity contribution is 6.30. The highest BCUT2D eigenvalue weighted by atomic mass is 35.5. The Labute approximate surface area is 278 Å². The van der Waals surface area contributed by atoms with Crippen LogP contribution in [0.5, 0.6) is 5.75 Å². The fourth-order valence-corrected chi connectivity index (χ4v) is 6.01. The van der Waals surface area contributed by atoms with Crippen molar-refractivity contribution in [3.05, 3.63) is 100 Å². The van der Waals surface area contributed by atoms with Crippen LogP contribution in [0.2, 0.25) is 5.02 Å². The second-order valence-electron chi connectivity index (χ2n) is 11.2. The molecule has 0 aliphatic carbocycles. The Kier molecular flexibility index (Phi) is 9.19. The first kappa shape index (κ1) is 34.4. The molecule has 10 nitrogen and oxygen atoms in total. The van der Waals surface area contributed by atoms with E-state index in [0.29, 0.717) is 5.56 Å². The number of methoxy groups -OCH3 is 1. The van der Waals surface area contributed by atoms with E-state index in [2.05, 4.69) is 15.2 Å². The van der Waals surface area contributed by atoms with Gasteiger partial charge >= 0.3 is 6.18 Å². The third kappa shape index (κ3) is 6.25. The van der Waals surface area contributed by atoms with Gasteiger partial charge in [0.15, 0.2) is 23.3 Å². The number of benzene rings is 3. The van der Waals surface area contributed by atoms with Gasteiger partial charge in [-0.1, -0.05) is 23.7 Å². The van der Waals surface area contributed by atoms with Crippen molar-refractivity contribution in [2.75, 3.05) is 13.7 Å². The standard InChI is InChI=1S/C32H26ClF6N5O5/c1-14-40-31(44(41-14)22-11-16(33)7-8-19(22)32(37,38)39)30-29(47)27(28(46)24(13-45)49-30)43-12-18(15-9-20(34)25(36)21(35)10-15)26(42-43)17-5-3-4-6-23(17)48-2/h3-12,24,27-30,45-47H,13H2,1-2H3/t24?,27-,28-,29?,30+/m0/s1. The van der Waals surface area contributed by atoms with Crippen LogP contribution in [0.1, 0.15) is 29.4 Å². The van der Waals surface area contributed by atoms with Gasteiger partial charge in [0.25, 0.3) is 0 Å². The number of nitrogens with zero attached hydrogens (tertiary/aromatic N) is 5. The number of aromatic nitrogens is 5. The Morgan fingerprint density at radius 3 is 2.31 bits per heavy atom. The summed E-state index contributed by atoms with van der Waals surface area (Å²) in [5.74, 6) is -4.74. The predicted molar refractivity (Wildman–Crippen MR) is 161 cm³/mol. The highest BCUT2D eigenvalue weighted by Gasteiger charge is 2.49. The Balaban J connectivity index is 1.52. The number of ether oxygens (including phenoxy) is 2. The van der Waals surface area contributed by atoms with Gasteiger partial charge in [-0.2, -0.15) is 23.4 Å². The molecule has 1 aliphatic rings. The van der Waals surface area contributed by atoms with Crippen LogP contribution in [-0.2, 0) is 10.9 Å². The first-order valence-corrected chi connectivity index (χ1v) is 14.9. The van der Waals surface area contributed by atoms with Crippen molar-refractivity contribution in [1.82, 2.24) is 24.5 Å². The number of hydrogen-bond donors (Lipinski definition) is 3. The van der Waals surface area contributed by atoms with Gasteiger partial charge in [-0.25, -0.2) is 22.8 Å². The molecule has 3 heterocycles. The molecule has 49 heavy (non-hydrogen) atoms. The number of rotatable bonds is 7. The van der Waals surface area contributed by atoms with E-state index in [1.807, 2.05) is 0 Å². The van der Waals surface area contributed by atoms with Crippen molar-refractivity contribution >= 4 is 11.6 Å². The molecule has 0 spiro atoms. The maximum absolute atomic E-state index is 14.4. The van der Waals surface area contributed by atoms with Gasteiger partial charge in [0, 0.05) is 22.3 Å². The van der Waals surface area contributed by atoms with Gasteiger partial charge < -0.3 is 24.8 Å². The second kappa shape index (κ2) is 13.1. The van der Waals surface area contributed by atoms with E-state index < -0.39 is 71.9 Å². The van der Waals surface area contributed by atoms with Crippen molar-refractivity contribution in [3.63, 3.8) is 0 Å². The average Bonchev–Trinajstić information content (AvgIpc) is 3.67. The Morgan fingerprint density at radius 2 is 1.65 bits per heavy atom. The summed E-state index contributed by atoms with van der Waals surface area (Å²) < 4.78 is 98.2. The van der Waals surface area contributed by atoms with Crippen LogP contribution in [0.4, 0.5) is 26.3 Å². The Hall–Kier alpha value is -4.48. The van der Waals surface area contributed by atoms with Gasteiger partial charge in [-0.05, 0) is 55.0 Å². The zero-order chi connectivity index (χ0) is 35.4. The van der Waals surface area contributed by atoms with Crippen LogP contribution < -0.4 is 4.74 Å². The van der Waals surface area contributed by atoms with Crippen LogP contribution >= 0.6 is 11.6 Å². The molecule has 2 aromatic heterocycles. The van der Waals surface area contributed by atoms with Crippen LogP contribution in [0.3, 0.4) is 0 Å². The lowest BCUT2D eigenvalue weighted by Crippen LogP contribution is -2.53. The van der Waals surface area contributed by atoms with E-state index in [1.165, 1.54) is 20.2 Å². The molecule has 1 aliphatic heterocycles. The number of para-hydroxylation sites is 1. The van der Waals surface area contributed by atoms with Gasteiger partial charge in [0.2, 0.25) is 0 Å². The van der Waals surface area contributed by atoms with E-state index in [-0.39, 0.29) is 39.2 Å². The Morgan fingerprint density at radius 1 is 0.959 bits per heavy atom. The molecular formula is C32H26ClF6N5O5. The predicted octanol–water partition coefficient (Wildman–Crippen LogP) is 5.60. The van der Waals surface area contributed by atoms with Crippen LogP contribution in [0.15, 0.2) is 60.8 Å². The molecule has 5 aromatic rings. The van der Waals surface area contributed by atoms with Crippen molar-refractivity contribution < 1.29 is 51.1 Å². The molecule has 2 unspecified atom stereocenters. The third-order valence-corrected chi connectivity index (χ3v) is 8.31. The summed E-state index contributed by atoms with van der Waals surface area (Å²) in [4.78, 5) is 4.23. The Bertz CT molecular complexity index is 2000. The number of aryl methyl sites for hydroxylation is 1. The van der Waals surface area contributed by atoms with E-state index in [0.717, 1.165) is 39.7 Å². The largest absolute Gasteiger partial charge is 0.496 e. The van der Waals surface area contributed by atoms with E-state index in [1.54, 1.807) is 24.3 Å². The monoisotopic (exact) mass is 709 g/mol. The maximum atomic E-state index is 14.4. The fourth-order valence-electron chi connectivity index (χ4n) is 5.85. The van der Waals surface area contributed by atoms with Gasteiger partial charge in [-0.3, -0.25) is 4.68 Å². The zero-order valence-corrected chi connectivity index (χ0v) is 26.2. The summed E-state index contributed by atoms with van der Waals surface area (Å²) in [6, 6.07) is 9.22. The van der Waals surface area contributed by atoms with Crippen LogP contribution in [0.25, 0.3) is 28.1 Å². The van der Waals surface area contributed by atoms with Crippen molar-refractivity contribution in [1.29, 1.82) is 0 Å². The van der Waals surface area contributed by atoms with Crippen molar-refractivity contribution in [2.45, 2.75) is 43.6 Å². The first-order valence-electron chi connectivity index (χ1n) is 14.5. The van der Waals surface area contributed by atoms with Crippen LogP contribution in [0, 0.1) is 24.4 Å². The molecule has 0 amide bonds. The van der Waals surface area contributed by atoms with Gasteiger partial charge in [-0.15, -0.1) is 0 Å². The van der Waals surface area contributed by atoms with Gasteiger partial charge in [0.1, 0.15) is 47.7 Å². The lowest BCUT2D eigenvalue weighted by Gasteiger charge is -2.42. The molecule has 0 radical (unpaired) electrons. The van der Waals surface area contributed by atoms with E-state index >= 15 is 0 Å². The quantitative estimate of drug-likeness (QED) is 0.147. The fraction of sp³-hybridized carbons (Fsp3) is 0.281. The molecule has 258 valence electrons. The number of halogens is 7. The van der Waals surface area contributed by atoms with E-state index in [4.69, 9.17) is 21.1 Å². The molecule has 3 N–H and O–H groups in total. The zero-order valence-electron chi connectivity index (χ0n) is 25.4. The normalized spacial score (nSPS) is 21.3. The number of alkyl halides is 3. The molecular weight excluding hydrogens is 684 g/mol. The lowest BCUT2D eigenvalue weighted by molar-refractivity contribution is -0.210. The topological polar surface area (TPSA) is 128 Å². The van der Waals surface area contributed by atoms with Crippen molar-refractivity contribution in [3.8, 4) is 33.8 Å². The molecule has 17 heteroatoms. The number of aliphatic hydroxyl groups excluding tert-OH is 3. The average molecular weight is 710 g/mol. The minimum absolute atomic E-state index is 0.0117. The first-order chi connectivity index (χ1) is 23.2. The SMILES string of the molecule is COc1ccccc1-c1nn([C@@H]2C(O)[C@H](c3nc(C)nn3-c3cc(Cl)ccc3C(F)(F)F)OC(CO)[C@@H]2O)cc1-c1cc(F)c(F)c(F)c1. The minimum Gasteiger partial charge on any atom is -0.496 e. The van der Waals surface area contributed by atoms with E-state index in [9.17, 15) is 41.7 Å². The summed E-state index contributed by atoms with van der Waals surface area (Å²) in [7, 11) is 1.37. The summed E-state index contributed by atoms with van der Waals surface area (Å²) >= 11 is 6.06. The van der Waals surface area contributed by atoms with Crippen LogP contribution in [-0.4, -0.2) is 71.9 Å². The number of aliphatic hydroxyl groups is 3. The summed E-state index contributed by atoms with van der Waals surface area (Å²) in [5.41, 5.74) is -1.44. The summed E-state index contributed by atoms with van der Waals surface area (Å²) in [6.45, 7) is 0.573. The minimum atomic E-state index is -4.85. The molecule has 3 aromatic carbocycles. The smallest absolute Gasteiger partial charge is 0.418 e. The van der Waals surface area contributed by atoms with Crippen molar-refractivity contribution in [2.24, 2.45) is 0 Å². The second-order valence-corrected chi connectivity index (χ2v) is 11.6. The van der Waals surface area contributed by atoms with Gasteiger partial charge in [0.05, 0.1) is 25.0 Å². The molecule has 6 rings (SSSR count). The third-order valence-electron chi connectivity index (χ3n) is 8.07. The molecule has 0 saturated carbocycles. The highest BCUT2D eigenvalue weighted by Crippen LogP contribution is 2.43. The maximum Gasteiger partial charge on any atom is 0.418 e. The lowest BCUT2D eigenvalue weighted by atomic mass is 9.92. The molecule has 1 fully saturated rings.